The Kier molecular flexibility index (Phi) is 21.8. The van der Waals surface area contributed by atoms with E-state index in [1.807, 2.05) is 25.9 Å². The van der Waals surface area contributed by atoms with E-state index in [1.165, 1.54) is 35.0 Å². The molecule has 0 spiro atoms. The van der Waals surface area contributed by atoms with Crippen molar-refractivity contribution in [2.45, 2.75) is 210 Å². The molecule has 23 heteroatoms. The van der Waals surface area contributed by atoms with Crippen LogP contribution in [0.15, 0.2) is 5.16 Å². The van der Waals surface area contributed by atoms with Crippen LogP contribution in [0.3, 0.4) is 0 Å². The molecule has 0 saturated carbocycles. The Bertz CT molecular complexity index is 1690. The lowest BCUT2D eigenvalue weighted by Gasteiger charge is -2.49. The van der Waals surface area contributed by atoms with Crippen molar-refractivity contribution >= 4 is 17.7 Å². The van der Waals surface area contributed by atoms with E-state index in [2.05, 4.69) is 5.16 Å². The second-order valence-corrected chi connectivity index (χ2v) is 20.6. The van der Waals surface area contributed by atoms with Gasteiger partial charge in [-0.05, 0) is 74.9 Å². The van der Waals surface area contributed by atoms with Crippen molar-refractivity contribution in [2.24, 2.45) is 28.8 Å². The number of cyclic esters (lactones) is 1. The molecule has 0 aromatic heterocycles. The first kappa shape index (κ1) is 60.3. The van der Waals surface area contributed by atoms with Crippen LogP contribution in [-0.4, -0.2) is 227 Å². The lowest BCUT2D eigenvalue weighted by Crippen LogP contribution is -2.64. The Morgan fingerprint density at radius 3 is 2.03 bits per heavy atom. The van der Waals surface area contributed by atoms with Crippen LogP contribution >= 0.6 is 0 Å². The lowest BCUT2D eigenvalue weighted by molar-refractivity contribution is -0.325. The molecule has 4 heterocycles. The molecule has 0 amide bonds. The number of likely N-dealkylation sites (N-methyl/N-ethyl adjacent to an activating group) is 1. The van der Waals surface area contributed by atoms with Gasteiger partial charge in [0.05, 0.1) is 60.5 Å². The normalized spacial score (nSPS) is 46.6. The van der Waals surface area contributed by atoms with Crippen LogP contribution < -0.4 is 0 Å². The molecule has 0 aromatic carbocycles. The number of methoxy groups -OCH3 is 2. The van der Waals surface area contributed by atoms with Gasteiger partial charge in [-0.2, -0.15) is 0 Å². The topological polar surface area (TPSA) is 313 Å². The molecule has 8 N–H and O–H groups in total. The molecule has 23 nitrogen and oxygen atoms in total. The first-order valence-electron chi connectivity index (χ1n) is 24.3. The molecule has 0 bridgehead atoms. The van der Waals surface area contributed by atoms with E-state index in [4.69, 9.17) is 52.2 Å². The maximum atomic E-state index is 14.8. The van der Waals surface area contributed by atoms with Crippen LogP contribution in [0, 0.1) is 23.7 Å². The van der Waals surface area contributed by atoms with E-state index in [-0.39, 0.29) is 45.0 Å². The van der Waals surface area contributed by atoms with Crippen molar-refractivity contribution in [2.75, 3.05) is 48.3 Å². The van der Waals surface area contributed by atoms with Crippen molar-refractivity contribution in [3.8, 4) is 0 Å². The first-order valence-corrected chi connectivity index (χ1v) is 24.3. The third kappa shape index (κ3) is 13.9. The number of aliphatic carboxylic acids is 1. The fourth-order valence-corrected chi connectivity index (χ4v) is 10.5. The van der Waals surface area contributed by atoms with Gasteiger partial charge in [-0.1, -0.05) is 32.9 Å². The molecule has 23 atom stereocenters. The summed E-state index contributed by atoms with van der Waals surface area (Å²) in [5.74, 6) is -6.76. The number of nitrogens with zero attached hydrogens (tertiary/aromatic N) is 2. The Morgan fingerprint density at radius 2 is 1.44 bits per heavy atom. The number of carboxylic acids is 1. The van der Waals surface area contributed by atoms with Gasteiger partial charge in [-0.25, -0.2) is 4.79 Å². The zero-order valence-electron chi connectivity index (χ0n) is 43.3. The summed E-state index contributed by atoms with van der Waals surface area (Å²) in [7, 11) is 6.58. The number of aliphatic hydroxyl groups excluding tert-OH is 5. The largest absolute Gasteiger partial charge is 0.479 e. The van der Waals surface area contributed by atoms with Gasteiger partial charge in [0.1, 0.15) is 48.3 Å². The fourth-order valence-electron chi connectivity index (χ4n) is 10.5. The highest BCUT2D eigenvalue weighted by Gasteiger charge is 2.56. The SMILES string of the molecule is CC[C@H]1OC(=O)[C@H](C)[C@@H](O[C@H]2C[C@@](C)(OC)[C@@H](O)[C@H](C)O2)[C@H](C)[C@@H](O[C@@H]2O[C@H](C)C[C@H](N(C)C)[C@H]2O)[C@](C)(O)C[C@@H](C)/C(=N\OCOCCOC)[C@H](C)[C@@H](OC2OC(C(=O)O)C(O)C(O)C2O)[C@]1(C)O. The molecule has 4 saturated heterocycles. The van der Waals surface area contributed by atoms with Gasteiger partial charge in [0.25, 0.3) is 0 Å². The van der Waals surface area contributed by atoms with E-state index in [9.17, 15) is 50.4 Å². The molecular weight excluding hydrogens is 929 g/mol. The molecule has 4 rings (SSSR count). The van der Waals surface area contributed by atoms with Crippen molar-refractivity contribution in [3.05, 3.63) is 0 Å². The van der Waals surface area contributed by atoms with Crippen LogP contribution in [-0.2, 0) is 61.8 Å². The van der Waals surface area contributed by atoms with Gasteiger partial charge in [0, 0.05) is 44.4 Å². The number of carbonyl (C=O) groups excluding carboxylic acids is 1. The van der Waals surface area contributed by atoms with Crippen molar-refractivity contribution in [1.82, 2.24) is 4.90 Å². The Hall–Kier alpha value is -2.27. The molecule has 4 aliphatic heterocycles. The second-order valence-electron chi connectivity index (χ2n) is 20.6. The Morgan fingerprint density at radius 1 is 0.814 bits per heavy atom. The predicted molar refractivity (Wildman–Crippen MR) is 246 cm³/mol. The van der Waals surface area contributed by atoms with E-state index >= 15 is 0 Å². The first-order chi connectivity index (χ1) is 32.6. The summed E-state index contributed by atoms with van der Waals surface area (Å²) in [5, 5.41) is 95.6. The number of rotatable bonds is 16. The van der Waals surface area contributed by atoms with E-state index in [1.54, 1.807) is 41.5 Å². The molecule has 0 radical (unpaired) electrons. The summed E-state index contributed by atoms with van der Waals surface area (Å²) in [4.78, 5) is 34.5. The predicted octanol–water partition coefficient (Wildman–Crippen LogP) is 0.126. The van der Waals surface area contributed by atoms with Crippen molar-refractivity contribution in [1.29, 1.82) is 0 Å². The number of aliphatic hydroxyl groups is 7. The number of ether oxygens (including phenoxy) is 10. The number of hydrogen-bond acceptors (Lipinski definition) is 22. The number of carbonyl (C=O) groups is 2. The zero-order chi connectivity index (χ0) is 52.8. The van der Waals surface area contributed by atoms with Crippen molar-refractivity contribution in [3.63, 3.8) is 0 Å². The highest BCUT2D eigenvalue weighted by atomic mass is 16.7. The van der Waals surface area contributed by atoms with Crippen LogP contribution in [0.5, 0.6) is 0 Å². The number of esters is 1. The van der Waals surface area contributed by atoms with Crippen LogP contribution in [0.2, 0.25) is 0 Å². The Labute approximate surface area is 411 Å². The highest BCUT2D eigenvalue weighted by Crippen LogP contribution is 2.42. The van der Waals surface area contributed by atoms with Gasteiger partial charge in [-0.3, -0.25) is 4.79 Å². The summed E-state index contributed by atoms with van der Waals surface area (Å²) in [5.41, 5.74) is -5.25. The third-order valence-corrected chi connectivity index (χ3v) is 14.6. The minimum absolute atomic E-state index is 0.00713. The van der Waals surface area contributed by atoms with Gasteiger partial charge >= 0.3 is 11.9 Å². The smallest absolute Gasteiger partial charge is 0.335 e. The summed E-state index contributed by atoms with van der Waals surface area (Å²) in [6.45, 7) is 16.2. The minimum Gasteiger partial charge on any atom is -0.479 e. The number of carboxylic acid groups (broad SMARTS) is 1. The summed E-state index contributed by atoms with van der Waals surface area (Å²) in [6, 6.07) is -0.414. The lowest BCUT2D eigenvalue weighted by atomic mass is 9.73. The minimum atomic E-state index is -2.27. The van der Waals surface area contributed by atoms with Gasteiger partial charge in [-0.15, -0.1) is 0 Å². The average molecular weight is 1010 g/mol. The van der Waals surface area contributed by atoms with Gasteiger partial charge < -0.3 is 98.0 Å². The highest BCUT2D eigenvalue weighted by molar-refractivity contribution is 5.89. The van der Waals surface area contributed by atoms with E-state index in [0.717, 1.165) is 0 Å². The summed E-state index contributed by atoms with van der Waals surface area (Å²) >= 11 is 0. The summed E-state index contributed by atoms with van der Waals surface area (Å²) < 4.78 is 60.5. The molecule has 4 fully saturated rings. The molecule has 0 aromatic rings. The van der Waals surface area contributed by atoms with Gasteiger partial charge in [0.15, 0.2) is 25.0 Å². The molecule has 408 valence electrons. The second kappa shape index (κ2) is 25.3. The number of hydrogen-bond donors (Lipinski definition) is 8. The third-order valence-electron chi connectivity index (χ3n) is 14.6. The Balaban J connectivity index is 1.95. The monoisotopic (exact) mass is 1010 g/mol. The molecule has 0 aliphatic carbocycles. The standard InChI is InChI=1S/C47H84N2O21/c1-15-29-47(10,59)40(70-44-35(53)33(51)34(52)37(68-44)41(55)56)24(4)31(48-63-21-62-17-16-60-13)22(2)19-45(8,58)39(69-43-32(50)28(49(11)12)18-23(3)64-43)25(5)36(26(6)42(57)66-29)67-30-20-46(9,61-14)38(54)27(7)65-30/h22-30,32-40,43-44,50-54,58-59H,15-21H2,1-14H3,(H,55,56)/b48-31+/t22-,23-,24+,25+,26-,27+,28+,29-,30+,32-,33?,34?,35?,36+,37?,38+,39-,40-,43+,44?,45-,46-,47-/m1/s1. The van der Waals surface area contributed by atoms with Crippen LogP contribution in [0.25, 0.3) is 0 Å². The molecule has 4 aliphatic rings. The van der Waals surface area contributed by atoms with E-state index < -0.39 is 151 Å². The van der Waals surface area contributed by atoms with Crippen LogP contribution in [0.1, 0.15) is 94.9 Å². The maximum absolute atomic E-state index is 14.8. The molecular formula is C47H84N2O21. The number of oxime groups is 1. The molecule has 5 unspecified atom stereocenters. The molecule has 70 heavy (non-hydrogen) atoms. The van der Waals surface area contributed by atoms with E-state index in [0.29, 0.717) is 6.42 Å². The van der Waals surface area contributed by atoms with Crippen LogP contribution in [0.4, 0.5) is 0 Å². The average Bonchev–Trinajstić information content (AvgIpc) is 3.28. The quantitative estimate of drug-likeness (QED) is 0.0441. The summed E-state index contributed by atoms with van der Waals surface area (Å²) in [6.07, 6.45) is -21.5. The maximum Gasteiger partial charge on any atom is 0.335 e. The zero-order valence-corrected chi connectivity index (χ0v) is 43.3. The van der Waals surface area contributed by atoms with Crippen molar-refractivity contribution < 1.29 is 103 Å². The van der Waals surface area contributed by atoms with Gasteiger partial charge in [0.2, 0.25) is 6.79 Å². The fraction of sp³-hybridized carbons (Fsp3) is 0.936.